The zero-order valence-corrected chi connectivity index (χ0v) is 5.08. The zero-order chi connectivity index (χ0) is 6.69. The number of nitriles is 1. The number of likely N-dealkylation sites (tertiary alicyclic amines) is 1. The van der Waals surface area contributed by atoms with Gasteiger partial charge in [-0.3, -0.25) is 0 Å². The van der Waals surface area contributed by atoms with Gasteiger partial charge in [0.25, 0.3) is 0 Å². The molecule has 1 aliphatic heterocycles. The Balaban J connectivity index is 2.53. The third kappa shape index (κ3) is 1.02. The molecule has 0 aromatic rings. The maximum Gasteiger partial charge on any atom is 0.179 e. The summed E-state index contributed by atoms with van der Waals surface area (Å²) in [6.07, 6.45) is 4.62. The van der Waals surface area contributed by atoms with E-state index in [9.17, 15) is 4.79 Å². The summed E-state index contributed by atoms with van der Waals surface area (Å²) in [6.45, 7) is 0.750. The minimum absolute atomic E-state index is 0.130. The van der Waals surface area contributed by atoms with Crippen molar-refractivity contribution in [3.63, 3.8) is 0 Å². The van der Waals surface area contributed by atoms with E-state index in [4.69, 9.17) is 5.26 Å². The van der Waals surface area contributed by atoms with Crippen molar-refractivity contribution in [3.05, 3.63) is 0 Å². The molecule has 0 amide bonds. The minimum Gasteiger partial charge on any atom is -0.301 e. The van der Waals surface area contributed by atoms with E-state index in [1.807, 2.05) is 6.19 Å². The Morgan fingerprint density at radius 2 is 2.56 bits per heavy atom. The average molecular weight is 124 g/mol. The second kappa shape index (κ2) is 2.49. The van der Waals surface area contributed by atoms with Gasteiger partial charge >= 0.3 is 0 Å². The van der Waals surface area contributed by atoms with Gasteiger partial charge in [-0.2, -0.15) is 5.26 Å². The highest BCUT2D eigenvalue weighted by Crippen LogP contribution is 2.12. The Bertz CT molecular complexity index is 150. The molecule has 0 N–H and O–H groups in total. The minimum atomic E-state index is -0.130. The van der Waals surface area contributed by atoms with E-state index >= 15 is 0 Å². The second-order valence-electron chi connectivity index (χ2n) is 2.14. The van der Waals surface area contributed by atoms with Crippen LogP contribution >= 0.6 is 0 Å². The van der Waals surface area contributed by atoms with Gasteiger partial charge in [0, 0.05) is 6.54 Å². The Hall–Kier alpha value is -1.04. The van der Waals surface area contributed by atoms with Crippen molar-refractivity contribution >= 4 is 6.29 Å². The lowest BCUT2D eigenvalue weighted by molar-refractivity contribution is -0.110. The van der Waals surface area contributed by atoms with Crippen LogP contribution in [0.1, 0.15) is 12.8 Å². The van der Waals surface area contributed by atoms with Crippen molar-refractivity contribution in [2.45, 2.75) is 18.9 Å². The number of carbonyl (C=O) groups is 1. The third-order valence-corrected chi connectivity index (χ3v) is 1.58. The lowest BCUT2D eigenvalue weighted by Gasteiger charge is -2.09. The van der Waals surface area contributed by atoms with Crippen LogP contribution in [-0.2, 0) is 4.79 Å². The normalized spacial score (nSPS) is 25.7. The van der Waals surface area contributed by atoms with Crippen LogP contribution in [0.15, 0.2) is 0 Å². The first-order valence-electron chi connectivity index (χ1n) is 3.00. The predicted octanol–water partition coefficient (Wildman–Crippen LogP) is 0.131. The fourth-order valence-electron chi connectivity index (χ4n) is 1.06. The number of rotatable bonds is 1. The quantitative estimate of drug-likeness (QED) is 0.368. The van der Waals surface area contributed by atoms with Crippen LogP contribution in [0.2, 0.25) is 0 Å². The van der Waals surface area contributed by atoms with Crippen molar-refractivity contribution in [2.24, 2.45) is 0 Å². The van der Waals surface area contributed by atoms with Crippen molar-refractivity contribution < 1.29 is 4.79 Å². The summed E-state index contributed by atoms with van der Waals surface area (Å²) in [5, 5.41) is 8.38. The molecule has 1 heterocycles. The molecule has 3 heteroatoms. The third-order valence-electron chi connectivity index (χ3n) is 1.58. The lowest BCUT2D eigenvalue weighted by Crippen LogP contribution is -2.25. The smallest absolute Gasteiger partial charge is 0.179 e. The molecule has 9 heavy (non-hydrogen) atoms. The van der Waals surface area contributed by atoms with Gasteiger partial charge in [0.2, 0.25) is 0 Å². The van der Waals surface area contributed by atoms with Gasteiger partial charge in [-0.05, 0) is 12.8 Å². The van der Waals surface area contributed by atoms with Gasteiger partial charge < -0.3 is 9.69 Å². The van der Waals surface area contributed by atoms with Crippen LogP contribution < -0.4 is 0 Å². The largest absolute Gasteiger partial charge is 0.301 e. The van der Waals surface area contributed by atoms with Crippen LogP contribution in [0.3, 0.4) is 0 Å². The molecule has 0 aromatic heterocycles. The molecule has 0 spiro atoms. The molecule has 0 saturated carbocycles. The Kier molecular flexibility index (Phi) is 1.69. The van der Waals surface area contributed by atoms with Gasteiger partial charge in [-0.1, -0.05) is 0 Å². The molecular formula is C6H8N2O. The summed E-state index contributed by atoms with van der Waals surface area (Å²) >= 11 is 0. The van der Waals surface area contributed by atoms with Crippen LogP contribution in [0.25, 0.3) is 0 Å². The Labute approximate surface area is 53.9 Å². The fraction of sp³-hybridized carbons (Fsp3) is 0.667. The Morgan fingerprint density at radius 3 is 3.00 bits per heavy atom. The van der Waals surface area contributed by atoms with Gasteiger partial charge in [0.15, 0.2) is 6.19 Å². The fourth-order valence-corrected chi connectivity index (χ4v) is 1.06. The van der Waals surface area contributed by atoms with Crippen LogP contribution in [-0.4, -0.2) is 23.8 Å². The zero-order valence-electron chi connectivity index (χ0n) is 5.08. The SMILES string of the molecule is N#CN1CCCC1C=O. The summed E-state index contributed by atoms with van der Waals surface area (Å²) in [6, 6.07) is -0.130. The molecular weight excluding hydrogens is 116 g/mol. The highest BCUT2D eigenvalue weighted by molar-refractivity contribution is 5.58. The van der Waals surface area contributed by atoms with E-state index in [2.05, 4.69) is 0 Å². The van der Waals surface area contributed by atoms with Gasteiger partial charge in [0.1, 0.15) is 6.29 Å². The molecule has 48 valence electrons. The van der Waals surface area contributed by atoms with Crippen molar-refractivity contribution in [3.8, 4) is 6.19 Å². The average Bonchev–Trinajstić information content (AvgIpc) is 2.33. The lowest BCUT2D eigenvalue weighted by atomic mass is 10.2. The summed E-state index contributed by atoms with van der Waals surface area (Å²) in [7, 11) is 0. The molecule has 3 nitrogen and oxygen atoms in total. The summed E-state index contributed by atoms with van der Waals surface area (Å²) in [4.78, 5) is 11.7. The molecule has 0 aliphatic carbocycles. The van der Waals surface area contributed by atoms with Crippen molar-refractivity contribution in [1.29, 1.82) is 5.26 Å². The number of hydrogen-bond acceptors (Lipinski definition) is 3. The summed E-state index contributed by atoms with van der Waals surface area (Å²) in [5.74, 6) is 0. The number of nitrogens with zero attached hydrogens (tertiary/aromatic N) is 2. The molecule has 0 bridgehead atoms. The first-order valence-corrected chi connectivity index (χ1v) is 3.00. The van der Waals surface area contributed by atoms with E-state index < -0.39 is 0 Å². The molecule has 1 saturated heterocycles. The molecule has 1 atom stereocenters. The highest BCUT2D eigenvalue weighted by atomic mass is 16.1. The molecule has 1 unspecified atom stereocenters. The molecule has 1 rings (SSSR count). The second-order valence-corrected chi connectivity index (χ2v) is 2.14. The number of aldehydes is 1. The van der Waals surface area contributed by atoms with Gasteiger partial charge in [-0.15, -0.1) is 0 Å². The van der Waals surface area contributed by atoms with Crippen LogP contribution in [0, 0.1) is 11.5 Å². The number of hydrogen-bond donors (Lipinski definition) is 0. The van der Waals surface area contributed by atoms with Gasteiger partial charge in [-0.25, -0.2) is 0 Å². The highest BCUT2D eigenvalue weighted by Gasteiger charge is 2.21. The first kappa shape index (κ1) is 6.09. The predicted molar refractivity (Wildman–Crippen MR) is 31.4 cm³/mol. The van der Waals surface area contributed by atoms with Crippen molar-refractivity contribution in [2.75, 3.05) is 6.54 Å². The maximum atomic E-state index is 10.2. The number of carbonyl (C=O) groups excluding carboxylic acids is 1. The van der Waals surface area contributed by atoms with E-state index in [-0.39, 0.29) is 6.04 Å². The monoisotopic (exact) mass is 124 g/mol. The van der Waals surface area contributed by atoms with Crippen LogP contribution in [0.5, 0.6) is 0 Å². The van der Waals surface area contributed by atoms with Gasteiger partial charge in [0.05, 0.1) is 6.04 Å². The van der Waals surface area contributed by atoms with Crippen LogP contribution in [0.4, 0.5) is 0 Å². The summed E-state index contributed by atoms with van der Waals surface area (Å²) < 4.78 is 0. The topological polar surface area (TPSA) is 44.1 Å². The first-order chi connectivity index (χ1) is 4.38. The molecule has 1 fully saturated rings. The molecule has 0 aromatic carbocycles. The van der Waals surface area contributed by atoms with E-state index in [1.165, 1.54) is 4.90 Å². The van der Waals surface area contributed by atoms with E-state index in [0.717, 1.165) is 25.7 Å². The molecule has 0 radical (unpaired) electrons. The molecule has 1 aliphatic rings. The Morgan fingerprint density at radius 1 is 1.78 bits per heavy atom. The maximum absolute atomic E-state index is 10.2. The van der Waals surface area contributed by atoms with E-state index in [0.29, 0.717) is 0 Å². The van der Waals surface area contributed by atoms with E-state index in [1.54, 1.807) is 0 Å². The van der Waals surface area contributed by atoms with Crippen molar-refractivity contribution in [1.82, 2.24) is 4.90 Å². The standard InChI is InChI=1S/C6H8N2O/c7-5-8-3-1-2-6(8)4-9/h4,6H,1-3H2. The summed E-state index contributed by atoms with van der Waals surface area (Å²) in [5.41, 5.74) is 0.